The highest BCUT2D eigenvalue weighted by molar-refractivity contribution is 14.1. The molecule has 0 atom stereocenters. The smallest absolute Gasteiger partial charge is 0.385 e. The van der Waals surface area contributed by atoms with Gasteiger partial charge in [0.2, 0.25) is 0 Å². The molecule has 0 saturated carbocycles. The highest BCUT2D eigenvalue weighted by Gasteiger charge is 2.88. The largest absolute Gasteiger partial charge is 0.457 e. The molecular weight excluding hydrogens is 1060 g/mol. The molecule has 0 saturated heterocycles. The van der Waals surface area contributed by atoms with Crippen LogP contribution in [0.3, 0.4) is 0 Å². The van der Waals surface area contributed by atoms with Crippen LogP contribution in [0.2, 0.25) is 0 Å². The van der Waals surface area contributed by atoms with Crippen LogP contribution in [-0.4, -0.2) is 35.5 Å². The summed E-state index contributed by atoms with van der Waals surface area (Å²) in [6, 6.07) is 3.91. The maximum Gasteiger partial charge on any atom is 0.385 e. The molecule has 0 aliphatic heterocycles. The highest BCUT2D eigenvalue weighted by Crippen LogP contribution is 2.63. The molecule has 0 aliphatic carbocycles. The lowest BCUT2D eigenvalue weighted by Crippen LogP contribution is -2.65. The fraction of sp³-hybridized carbons (Fsp3) is 0.294. The summed E-state index contributed by atoms with van der Waals surface area (Å²) in [5.41, 5.74) is -8.21. The van der Waals surface area contributed by atoms with Gasteiger partial charge >= 0.3 is 59.2 Å². The molecule has 0 amide bonds. The molecule has 312 valence electrons. The minimum atomic E-state index is -7.45. The predicted octanol–water partition coefficient (Wildman–Crippen LogP) is 14.3. The number of rotatable bonds is 14. The van der Waals surface area contributed by atoms with E-state index in [1.54, 1.807) is 0 Å². The number of hydrogen-bond donors (Lipinski definition) is 0. The third-order valence-corrected chi connectivity index (χ3v) is 9.68. The normalized spacial score (nSPS) is 14.5. The highest BCUT2D eigenvalue weighted by atomic mass is 127. The van der Waals surface area contributed by atoms with E-state index >= 15 is 0 Å². The van der Waals surface area contributed by atoms with E-state index < -0.39 is 93.0 Å². The first-order chi connectivity index (χ1) is 25.7. The van der Waals surface area contributed by atoms with E-state index in [2.05, 4.69) is 0 Å². The van der Waals surface area contributed by atoms with Crippen molar-refractivity contribution in [2.45, 2.75) is 59.2 Å². The average molecular weight is 1070 g/mol. The Hall–Kier alpha value is -3.26. The molecule has 1 nitrogen and oxygen atoms in total. The Bertz CT molecular complexity index is 1880. The molecule has 0 heterocycles. The van der Waals surface area contributed by atoms with Crippen molar-refractivity contribution >= 4 is 45.2 Å². The van der Waals surface area contributed by atoms with Crippen LogP contribution in [0.25, 0.3) is 0 Å². The monoisotopic (exact) mass is 1070 g/mol. The SMILES string of the molecule is FC(F)(c1ccc(I)cc1)C(F)(F)C(F)(F)C(F)(F)C(F)(F)c1ccc(Oc2ccc(C(F)(F)C(F)(F)C(F)(F)C(F)(F)C(F)(F)c3ccc(I)cc3)cc2)cc1. The van der Waals surface area contributed by atoms with Crippen molar-refractivity contribution in [1.29, 1.82) is 0 Å². The van der Waals surface area contributed by atoms with Crippen LogP contribution >= 0.6 is 45.2 Å². The summed E-state index contributed by atoms with van der Waals surface area (Å²) in [7, 11) is 0. The minimum Gasteiger partial charge on any atom is -0.457 e. The number of ether oxygens (including phenoxy) is 1. The van der Waals surface area contributed by atoms with E-state index in [4.69, 9.17) is 4.74 Å². The van der Waals surface area contributed by atoms with E-state index in [0.29, 0.717) is 24.3 Å². The van der Waals surface area contributed by atoms with Gasteiger partial charge in [0.15, 0.2) is 0 Å². The Morgan fingerprint density at radius 3 is 0.632 bits per heavy atom. The quantitative estimate of drug-likeness (QED) is 0.0903. The van der Waals surface area contributed by atoms with Crippen LogP contribution in [0, 0.1) is 7.14 Å². The molecule has 0 aliphatic rings. The van der Waals surface area contributed by atoms with Crippen molar-refractivity contribution in [2.75, 3.05) is 0 Å². The van der Waals surface area contributed by atoms with Crippen molar-refractivity contribution in [3.05, 3.63) is 126 Å². The number of hydrogen-bond acceptors (Lipinski definition) is 1. The van der Waals surface area contributed by atoms with Gasteiger partial charge in [-0.05, 0) is 118 Å². The van der Waals surface area contributed by atoms with E-state index in [0.717, 1.165) is 0 Å². The molecule has 0 radical (unpaired) electrons. The first kappa shape index (κ1) is 46.4. The summed E-state index contributed by atoms with van der Waals surface area (Å²) in [5, 5.41) is 0. The van der Waals surface area contributed by atoms with Crippen molar-refractivity contribution in [2.24, 2.45) is 0 Å². The van der Waals surface area contributed by atoms with Crippen molar-refractivity contribution in [3.63, 3.8) is 0 Å². The summed E-state index contributed by atoms with van der Waals surface area (Å²) < 4.78 is 297. The van der Waals surface area contributed by atoms with Crippen LogP contribution in [0.4, 0.5) is 87.8 Å². The molecule has 0 aromatic heterocycles. The molecule has 0 fully saturated rings. The van der Waals surface area contributed by atoms with Gasteiger partial charge in [-0.1, -0.05) is 24.3 Å². The summed E-state index contributed by atoms with van der Waals surface area (Å²) in [6.07, 6.45) is 0. The molecule has 23 heteroatoms. The van der Waals surface area contributed by atoms with Crippen LogP contribution in [0.5, 0.6) is 11.5 Å². The van der Waals surface area contributed by atoms with Gasteiger partial charge < -0.3 is 4.74 Å². The second kappa shape index (κ2) is 14.8. The summed E-state index contributed by atoms with van der Waals surface area (Å²) in [5.74, 6) is -70.2. The van der Waals surface area contributed by atoms with Crippen molar-refractivity contribution in [3.8, 4) is 11.5 Å². The van der Waals surface area contributed by atoms with Crippen LogP contribution in [0.1, 0.15) is 22.3 Å². The third-order valence-electron chi connectivity index (χ3n) is 8.24. The molecule has 4 aromatic rings. The first-order valence-corrected chi connectivity index (χ1v) is 17.0. The molecule has 4 rings (SSSR count). The lowest BCUT2D eigenvalue weighted by Gasteiger charge is -2.39. The Labute approximate surface area is 333 Å². The fourth-order valence-electron chi connectivity index (χ4n) is 4.83. The molecule has 0 spiro atoms. The van der Waals surface area contributed by atoms with Gasteiger partial charge in [0.1, 0.15) is 11.5 Å². The van der Waals surface area contributed by atoms with Gasteiger partial charge in [0.25, 0.3) is 0 Å². The van der Waals surface area contributed by atoms with E-state index in [1.165, 1.54) is 45.2 Å². The zero-order chi connectivity index (χ0) is 43.6. The Morgan fingerprint density at radius 1 is 0.263 bits per heavy atom. The molecule has 0 N–H and O–H groups in total. The Morgan fingerprint density at radius 2 is 0.439 bits per heavy atom. The number of alkyl halides is 20. The predicted molar refractivity (Wildman–Crippen MR) is 177 cm³/mol. The van der Waals surface area contributed by atoms with E-state index in [1.807, 2.05) is 0 Å². The zero-order valence-corrected chi connectivity index (χ0v) is 31.3. The maximum atomic E-state index is 14.8. The maximum absolute atomic E-state index is 14.8. The lowest BCUT2D eigenvalue weighted by atomic mass is 9.88. The van der Waals surface area contributed by atoms with Gasteiger partial charge in [0, 0.05) is 29.4 Å². The molecule has 0 unspecified atom stereocenters. The molecule has 57 heavy (non-hydrogen) atoms. The van der Waals surface area contributed by atoms with Gasteiger partial charge in [-0.3, -0.25) is 0 Å². The molecule has 0 bridgehead atoms. The Balaban J connectivity index is 1.56. The second-order valence-electron chi connectivity index (χ2n) is 11.9. The van der Waals surface area contributed by atoms with Crippen LogP contribution < -0.4 is 4.74 Å². The first-order valence-electron chi connectivity index (χ1n) is 14.9. The summed E-state index contributed by atoms with van der Waals surface area (Å²) in [6.45, 7) is 0. The number of benzene rings is 4. The Kier molecular flexibility index (Phi) is 12.0. The third kappa shape index (κ3) is 7.26. The minimum absolute atomic E-state index is 0.115. The van der Waals surface area contributed by atoms with Gasteiger partial charge in [-0.15, -0.1) is 0 Å². The van der Waals surface area contributed by atoms with E-state index in [9.17, 15) is 87.8 Å². The van der Waals surface area contributed by atoms with Gasteiger partial charge in [0.05, 0.1) is 0 Å². The zero-order valence-electron chi connectivity index (χ0n) is 27.0. The van der Waals surface area contributed by atoms with E-state index in [-0.39, 0.29) is 79.9 Å². The fourth-order valence-corrected chi connectivity index (χ4v) is 5.55. The summed E-state index contributed by atoms with van der Waals surface area (Å²) in [4.78, 5) is 0. The van der Waals surface area contributed by atoms with Gasteiger partial charge in [-0.25, -0.2) is 0 Å². The number of halogens is 22. The standard InChI is InChI=1S/C34H16F20I2O/c35-25(36,17-1-9-21(55)10-2-17)29(43,44)33(51,52)31(47,48)27(39,40)19-5-13-23(14-6-19)57-24-15-7-20(8-16-24)28(41,42)32(49,50)34(53,54)30(45,46)26(37,38)18-3-11-22(56)12-4-18/h1-16H. The lowest BCUT2D eigenvalue weighted by molar-refractivity contribution is -0.407. The van der Waals surface area contributed by atoms with Crippen LogP contribution in [0.15, 0.2) is 97.1 Å². The van der Waals surface area contributed by atoms with Gasteiger partial charge in [-0.2, -0.15) is 87.8 Å². The molecule has 4 aromatic carbocycles. The van der Waals surface area contributed by atoms with Crippen molar-refractivity contribution < 1.29 is 92.5 Å². The average Bonchev–Trinajstić information content (AvgIpc) is 3.11. The van der Waals surface area contributed by atoms with Crippen molar-refractivity contribution in [1.82, 2.24) is 0 Å². The topological polar surface area (TPSA) is 9.23 Å². The van der Waals surface area contributed by atoms with Crippen LogP contribution in [-0.2, 0) is 23.7 Å². The second-order valence-corrected chi connectivity index (χ2v) is 14.4. The summed E-state index contributed by atoms with van der Waals surface area (Å²) >= 11 is 2.98. The molecular formula is C34H16F20I2O.